The van der Waals surface area contributed by atoms with Gasteiger partial charge in [0.1, 0.15) is 19.3 Å². The number of hydrogen-bond donors (Lipinski definition) is 0. The van der Waals surface area contributed by atoms with Crippen LogP contribution in [0.2, 0.25) is 0 Å². The molecule has 0 heterocycles. The zero-order valence-electron chi connectivity index (χ0n) is 41.4. The van der Waals surface area contributed by atoms with Crippen LogP contribution in [-0.4, -0.2) is 70.7 Å². The highest BCUT2D eigenvalue weighted by atomic mass is 31.2. The summed E-state index contributed by atoms with van der Waals surface area (Å²) in [7, 11) is 1.27. The van der Waals surface area contributed by atoms with E-state index in [0.29, 0.717) is 24.1 Å². The van der Waals surface area contributed by atoms with Gasteiger partial charge in [0.05, 0.1) is 34.4 Å². The highest BCUT2D eigenvalue weighted by Crippen LogP contribution is 2.38. The van der Waals surface area contributed by atoms with Crippen LogP contribution < -0.4 is 4.89 Å². The molecule has 0 amide bonds. The van der Waals surface area contributed by atoms with Crippen LogP contribution in [0.15, 0.2) is 146 Å². The van der Waals surface area contributed by atoms with Crippen LogP contribution in [-0.2, 0) is 27.9 Å². The maximum absolute atomic E-state index is 12.7. The molecule has 9 heteroatoms. The first-order valence-electron chi connectivity index (χ1n) is 24.6. The first-order chi connectivity index (χ1) is 31.6. The molecule has 2 atom stereocenters. The third kappa shape index (κ3) is 51.2. The van der Waals surface area contributed by atoms with Crippen LogP contribution in [0, 0.1) is 0 Å². The van der Waals surface area contributed by atoms with Gasteiger partial charge in [-0.15, -0.1) is 0 Å². The molecule has 366 valence electrons. The molecule has 0 spiro atoms. The molecule has 0 saturated carbocycles. The van der Waals surface area contributed by atoms with Crippen molar-refractivity contribution in [2.75, 3.05) is 54.1 Å². The molecule has 0 rings (SSSR count). The molecule has 8 nitrogen and oxygen atoms in total. The van der Waals surface area contributed by atoms with E-state index in [1.54, 1.807) is 0 Å². The highest BCUT2D eigenvalue weighted by molar-refractivity contribution is 7.45. The van der Waals surface area contributed by atoms with E-state index in [-0.39, 0.29) is 26.2 Å². The van der Waals surface area contributed by atoms with Gasteiger partial charge in [0.25, 0.3) is 7.82 Å². The number of carbonyl (C=O) groups excluding carboxylic acids is 1. The molecule has 0 aromatic rings. The van der Waals surface area contributed by atoms with E-state index in [1.807, 2.05) is 21.1 Å². The van der Waals surface area contributed by atoms with E-state index in [2.05, 4.69) is 160 Å². The van der Waals surface area contributed by atoms with E-state index in [9.17, 15) is 14.3 Å². The number of phosphoric acid groups is 1. The minimum Gasteiger partial charge on any atom is -0.756 e. The number of nitrogens with zero attached hydrogens (tertiary/aromatic N) is 1. The second-order valence-corrected chi connectivity index (χ2v) is 18.1. The summed E-state index contributed by atoms with van der Waals surface area (Å²) < 4.78 is 34.6. The van der Waals surface area contributed by atoms with Gasteiger partial charge in [-0.1, -0.05) is 166 Å². The second kappa shape index (κ2) is 46.9. The Kier molecular flexibility index (Phi) is 44.3. The molecular weight excluding hydrogens is 830 g/mol. The SMILES string of the molecule is CC/C=C\C/C=C\C/C=C\C/C=C\C/C=C\C/C=C\CCCCCOCC(COP(=O)([O-])OCC[N+](C)(C)C)OC(=O)CCCC/C=C\C/C=C\C/C=C\C/C=C\C/C=C\C/C=C\CC. The van der Waals surface area contributed by atoms with Crippen molar-refractivity contribution in [2.24, 2.45) is 0 Å². The Morgan fingerprint density at radius 3 is 1.23 bits per heavy atom. The van der Waals surface area contributed by atoms with Crippen LogP contribution in [0.3, 0.4) is 0 Å². The Morgan fingerprint density at radius 1 is 0.477 bits per heavy atom. The monoisotopic (exact) mass is 920 g/mol. The molecular formula is C56H90NO7P. The number of likely N-dealkylation sites (N-methyl/N-ethyl adjacent to an activating group) is 1. The summed E-state index contributed by atoms with van der Waals surface area (Å²) >= 11 is 0. The van der Waals surface area contributed by atoms with E-state index >= 15 is 0 Å². The maximum Gasteiger partial charge on any atom is 0.306 e. The average Bonchev–Trinajstić information content (AvgIpc) is 3.27. The Bertz CT molecular complexity index is 1540. The van der Waals surface area contributed by atoms with Gasteiger partial charge < -0.3 is 27.9 Å². The molecule has 0 saturated heterocycles. The van der Waals surface area contributed by atoms with Crippen LogP contribution >= 0.6 is 7.82 Å². The molecule has 0 aliphatic rings. The maximum atomic E-state index is 12.7. The van der Waals surface area contributed by atoms with Crippen molar-refractivity contribution in [3.8, 4) is 0 Å². The number of ether oxygens (including phenoxy) is 2. The molecule has 0 radical (unpaired) electrons. The highest BCUT2D eigenvalue weighted by Gasteiger charge is 2.20. The lowest BCUT2D eigenvalue weighted by Gasteiger charge is -2.28. The van der Waals surface area contributed by atoms with Crippen molar-refractivity contribution in [1.29, 1.82) is 0 Å². The number of rotatable bonds is 43. The van der Waals surface area contributed by atoms with Gasteiger partial charge in [-0.2, -0.15) is 0 Å². The molecule has 0 aliphatic heterocycles. The summed E-state index contributed by atoms with van der Waals surface area (Å²) in [5.41, 5.74) is 0. The van der Waals surface area contributed by atoms with E-state index in [1.165, 1.54) is 0 Å². The fourth-order valence-electron chi connectivity index (χ4n) is 5.67. The normalized spacial score (nSPS) is 14.9. The predicted molar refractivity (Wildman–Crippen MR) is 276 cm³/mol. The Labute approximate surface area is 397 Å². The average molecular weight is 920 g/mol. The van der Waals surface area contributed by atoms with Gasteiger partial charge in [0, 0.05) is 13.0 Å². The number of esters is 1. The number of carbonyl (C=O) groups is 1. The van der Waals surface area contributed by atoms with Crippen LogP contribution in [0.1, 0.15) is 142 Å². The molecule has 0 bridgehead atoms. The van der Waals surface area contributed by atoms with Gasteiger partial charge in [0.2, 0.25) is 0 Å². The lowest BCUT2D eigenvalue weighted by Crippen LogP contribution is -2.37. The lowest BCUT2D eigenvalue weighted by atomic mass is 10.2. The van der Waals surface area contributed by atoms with Crippen molar-refractivity contribution < 1.29 is 37.3 Å². The predicted octanol–water partition coefficient (Wildman–Crippen LogP) is 14.6. The fourth-order valence-corrected chi connectivity index (χ4v) is 6.40. The van der Waals surface area contributed by atoms with Crippen molar-refractivity contribution >= 4 is 13.8 Å². The van der Waals surface area contributed by atoms with Crippen molar-refractivity contribution in [2.45, 2.75) is 148 Å². The summed E-state index contributed by atoms with van der Waals surface area (Å²) in [5, 5.41) is 0. The Balaban J connectivity index is 4.39. The number of allylic oxidation sites excluding steroid dienone is 24. The summed E-state index contributed by atoms with van der Waals surface area (Å²) in [6.45, 7) is 4.98. The van der Waals surface area contributed by atoms with Crippen LogP contribution in [0.25, 0.3) is 0 Å². The minimum atomic E-state index is -4.57. The minimum absolute atomic E-state index is 0.000563. The van der Waals surface area contributed by atoms with Gasteiger partial charge in [-0.25, -0.2) is 0 Å². The lowest BCUT2D eigenvalue weighted by molar-refractivity contribution is -0.870. The number of phosphoric ester groups is 1. The van der Waals surface area contributed by atoms with Crippen molar-refractivity contribution in [1.82, 2.24) is 0 Å². The number of unbranched alkanes of at least 4 members (excludes halogenated alkanes) is 5. The Hall–Kier alpha value is -3.62. The first kappa shape index (κ1) is 61.4. The Morgan fingerprint density at radius 2 is 0.846 bits per heavy atom. The zero-order valence-corrected chi connectivity index (χ0v) is 42.3. The smallest absolute Gasteiger partial charge is 0.306 e. The van der Waals surface area contributed by atoms with E-state index < -0.39 is 19.9 Å². The summed E-state index contributed by atoms with van der Waals surface area (Å²) in [4.78, 5) is 25.1. The molecule has 2 unspecified atom stereocenters. The summed E-state index contributed by atoms with van der Waals surface area (Å²) in [5.74, 6) is -0.395. The third-order valence-electron chi connectivity index (χ3n) is 9.39. The van der Waals surface area contributed by atoms with E-state index in [0.717, 1.165) is 116 Å². The quantitative estimate of drug-likeness (QED) is 0.0198. The number of hydrogen-bond acceptors (Lipinski definition) is 7. The van der Waals surface area contributed by atoms with Gasteiger partial charge in [0.15, 0.2) is 0 Å². The molecule has 0 aliphatic carbocycles. The van der Waals surface area contributed by atoms with Gasteiger partial charge in [-0.3, -0.25) is 9.36 Å². The largest absolute Gasteiger partial charge is 0.756 e. The van der Waals surface area contributed by atoms with Gasteiger partial charge >= 0.3 is 5.97 Å². The fraction of sp³-hybridized carbons (Fsp3) is 0.554. The number of quaternary nitrogens is 1. The van der Waals surface area contributed by atoms with Crippen LogP contribution in [0.4, 0.5) is 0 Å². The van der Waals surface area contributed by atoms with Crippen LogP contribution in [0.5, 0.6) is 0 Å². The standard InChI is InChI=1S/C56H90NO7P/c1-6-8-10-12-14-16-18-20-22-24-26-28-30-32-34-36-38-40-42-44-46-48-51-61-53-55(54-63-65(59,60)62-52-50-57(3,4)5)64-56(58)49-47-45-43-41-39-37-35-33-31-29-27-25-23-21-19-17-15-13-11-9-7-2/h8-11,14-17,20-23,26-29,32-35,38-41,55H,6-7,12-13,18-19,24-25,30-31,36-37,42-54H2,1-5H3/b10-8-,11-9-,16-14-,17-15-,22-20-,23-21-,28-26-,29-27-,34-32-,35-33-,40-38-,41-39-. The van der Waals surface area contributed by atoms with Crippen molar-refractivity contribution in [3.05, 3.63) is 146 Å². The molecule has 0 aromatic carbocycles. The topological polar surface area (TPSA) is 94.1 Å². The van der Waals surface area contributed by atoms with Gasteiger partial charge in [-0.05, 0) is 116 Å². The van der Waals surface area contributed by atoms with E-state index in [4.69, 9.17) is 18.5 Å². The molecule has 65 heavy (non-hydrogen) atoms. The van der Waals surface area contributed by atoms with Crippen molar-refractivity contribution in [3.63, 3.8) is 0 Å². The zero-order chi connectivity index (χ0) is 47.6. The summed E-state index contributed by atoms with van der Waals surface area (Å²) in [6.07, 6.45) is 70.2. The molecule has 0 fully saturated rings. The first-order valence-corrected chi connectivity index (χ1v) is 26.0. The summed E-state index contributed by atoms with van der Waals surface area (Å²) in [6, 6.07) is 0. The third-order valence-corrected chi connectivity index (χ3v) is 10.4. The molecule has 0 N–H and O–H groups in total. The molecule has 0 aromatic heterocycles. The second-order valence-electron chi connectivity index (χ2n) is 16.7.